The molecule has 0 aliphatic carbocycles. The summed E-state index contributed by atoms with van der Waals surface area (Å²) in [5, 5.41) is 5.57. The highest BCUT2D eigenvalue weighted by Crippen LogP contribution is 2.13. The van der Waals surface area contributed by atoms with E-state index in [1.165, 1.54) is 0 Å². The van der Waals surface area contributed by atoms with Crippen molar-refractivity contribution >= 4 is 27.9 Å². The van der Waals surface area contributed by atoms with Crippen molar-refractivity contribution in [1.29, 1.82) is 0 Å². The summed E-state index contributed by atoms with van der Waals surface area (Å²) in [7, 11) is 0. The van der Waals surface area contributed by atoms with E-state index in [4.69, 9.17) is 4.74 Å². The molecule has 0 saturated carbocycles. The highest BCUT2D eigenvalue weighted by Gasteiger charge is 2.26. The molecule has 23 heavy (non-hydrogen) atoms. The Kier molecular flexibility index (Phi) is 6.62. The van der Waals surface area contributed by atoms with Crippen molar-refractivity contribution in [2.45, 2.75) is 58.7 Å². The SMILES string of the molecule is CC(C)(CC(=O)NCc1ccc(Br)cc1)NC(=O)OC(C)(C)C. The monoisotopic (exact) mass is 384 g/mol. The fourth-order valence-corrected chi connectivity index (χ4v) is 2.16. The molecule has 1 rings (SSSR count). The van der Waals surface area contributed by atoms with Gasteiger partial charge in [-0.1, -0.05) is 28.1 Å². The summed E-state index contributed by atoms with van der Waals surface area (Å²) in [6.07, 6.45) is -0.355. The Hall–Kier alpha value is -1.56. The first-order valence-electron chi connectivity index (χ1n) is 7.49. The number of halogens is 1. The lowest BCUT2D eigenvalue weighted by atomic mass is 10.0. The molecule has 0 saturated heterocycles. The molecule has 0 aliphatic rings. The molecule has 0 radical (unpaired) electrons. The van der Waals surface area contributed by atoms with Crippen LogP contribution in [0.2, 0.25) is 0 Å². The largest absolute Gasteiger partial charge is 0.444 e. The maximum Gasteiger partial charge on any atom is 0.408 e. The molecule has 0 aliphatic heterocycles. The van der Waals surface area contributed by atoms with Crippen LogP contribution in [0.5, 0.6) is 0 Å². The molecule has 0 heterocycles. The van der Waals surface area contributed by atoms with Crippen molar-refractivity contribution in [3.05, 3.63) is 34.3 Å². The summed E-state index contributed by atoms with van der Waals surface area (Å²) in [5.74, 6) is -0.131. The van der Waals surface area contributed by atoms with E-state index < -0.39 is 17.2 Å². The highest BCUT2D eigenvalue weighted by atomic mass is 79.9. The molecule has 128 valence electrons. The predicted molar refractivity (Wildman–Crippen MR) is 94.1 cm³/mol. The number of carbonyl (C=O) groups excluding carboxylic acids is 2. The normalized spacial score (nSPS) is 11.7. The van der Waals surface area contributed by atoms with Gasteiger partial charge in [0.05, 0.1) is 0 Å². The van der Waals surface area contributed by atoms with Gasteiger partial charge in [-0.05, 0) is 52.3 Å². The van der Waals surface area contributed by atoms with Gasteiger partial charge in [-0.3, -0.25) is 4.79 Å². The third-order valence-corrected chi connectivity index (χ3v) is 3.37. The lowest BCUT2D eigenvalue weighted by Crippen LogP contribution is -2.48. The summed E-state index contributed by atoms with van der Waals surface area (Å²) in [4.78, 5) is 23.9. The fourth-order valence-electron chi connectivity index (χ4n) is 1.89. The van der Waals surface area contributed by atoms with E-state index in [1.54, 1.807) is 34.6 Å². The van der Waals surface area contributed by atoms with E-state index in [0.29, 0.717) is 6.54 Å². The first-order chi connectivity index (χ1) is 10.5. The molecule has 0 unspecified atom stereocenters. The molecule has 1 aromatic carbocycles. The summed E-state index contributed by atoms with van der Waals surface area (Å²) < 4.78 is 6.21. The first-order valence-corrected chi connectivity index (χ1v) is 8.28. The minimum atomic E-state index is -0.688. The maximum atomic E-state index is 12.1. The van der Waals surface area contributed by atoms with E-state index in [2.05, 4.69) is 26.6 Å². The molecule has 0 aromatic heterocycles. The Morgan fingerprint density at radius 1 is 1.09 bits per heavy atom. The van der Waals surface area contributed by atoms with Gasteiger partial charge in [0.25, 0.3) is 0 Å². The Morgan fingerprint density at radius 3 is 2.17 bits per heavy atom. The van der Waals surface area contributed by atoms with E-state index in [1.807, 2.05) is 24.3 Å². The maximum absolute atomic E-state index is 12.1. The lowest BCUT2D eigenvalue weighted by Gasteiger charge is -2.28. The molecule has 0 atom stereocenters. The number of hydrogen-bond acceptors (Lipinski definition) is 3. The number of nitrogens with one attached hydrogen (secondary N) is 2. The van der Waals surface area contributed by atoms with Gasteiger partial charge < -0.3 is 15.4 Å². The average Bonchev–Trinajstić information content (AvgIpc) is 2.34. The van der Waals surface area contributed by atoms with Crippen molar-refractivity contribution in [3.8, 4) is 0 Å². The van der Waals surface area contributed by atoms with Gasteiger partial charge in [0.2, 0.25) is 5.91 Å². The second-order valence-corrected chi connectivity index (χ2v) is 8.01. The number of carbonyl (C=O) groups is 2. The highest BCUT2D eigenvalue weighted by molar-refractivity contribution is 9.10. The lowest BCUT2D eigenvalue weighted by molar-refractivity contribution is -0.122. The standard InChI is InChI=1S/C17H25BrN2O3/c1-16(2,3)23-15(22)20-17(4,5)10-14(21)19-11-12-6-8-13(18)9-7-12/h6-9H,10-11H2,1-5H3,(H,19,21)(H,20,22). The zero-order valence-electron chi connectivity index (χ0n) is 14.3. The summed E-state index contributed by atoms with van der Waals surface area (Å²) in [5.41, 5.74) is -0.240. The number of amides is 2. The second-order valence-electron chi connectivity index (χ2n) is 7.09. The average molecular weight is 385 g/mol. The van der Waals surface area contributed by atoms with Gasteiger partial charge in [-0.2, -0.15) is 0 Å². The number of benzene rings is 1. The minimum absolute atomic E-state index is 0.131. The van der Waals surface area contributed by atoms with E-state index in [9.17, 15) is 9.59 Å². The quantitative estimate of drug-likeness (QED) is 0.811. The Balaban J connectivity index is 2.45. The third-order valence-electron chi connectivity index (χ3n) is 2.84. The molecule has 0 fully saturated rings. The summed E-state index contributed by atoms with van der Waals surface area (Å²) in [6, 6.07) is 7.73. The van der Waals surface area contributed by atoms with Gasteiger partial charge in [0, 0.05) is 23.0 Å². The second kappa shape index (κ2) is 7.81. The third kappa shape index (κ3) is 8.59. The molecular weight excluding hydrogens is 360 g/mol. The van der Waals surface area contributed by atoms with Gasteiger partial charge in [0.15, 0.2) is 0 Å². The summed E-state index contributed by atoms with van der Waals surface area (Å²) in [6.45, 7) is 9.42. The first kappa shape index (κ1) is 19.5. The van der Waals surface area contributed by atoms with Crippen LogP contribution < -0.4 is 10.6 Å². The Bertz CT molecular complexity index is 548. The molecule has 0 bridgehead atoms. The van der Waals surface area contributed by atoms with E-state index in [0.717, 1.165) is 10.0 Å². The molecule has 1 aromatic rings. The molecular formula is C17H25BrN2O3. The van der Waals surface area contributed by atoms with Gasteiger partial charge in [-0.25, -0.2) is 4.79 Å². The molecule has 2 N–H and O–H groups in total. The van der Waals surface area contributed by atoms with Crippen LogP contribution >= 0.6 is 15.9 Å². The Labute approximate surface area is 146 Å². The van der Waals surface area contributed by atoms with E-state index in [-0.39, 0.29) is 12.3 Å². The van der Waals surface area contributed by atoms with Crippen molar-refractivity contribution < 1.29 is 14.3 Å². The van der Waals surface area contributed by atoms with Gasteiger partial charge in [-0.15, -0.1) is 0 Å². The van der Waals surface area contributed by atoms with Crippen molar-refractivity contribution in [1.82, 2.24) is 10.6 Å². The molecule has 0 spiro atoms. The number of alkyl carbamates (subject to hydrolysis) is 1. The van der Waals surface area contributed by atoms with Crippen LogP contribution in [0.3, 0.4) is 0 Å². The van der Waals surface area contributed by atoms with Crippen LogP contribution in [0.25, 0.3) is 0 Å². The van der Waals surface area contributed by atoms with Gasteiger partial charge in [0.1, 0.15) is 5.60 Å². The number of hydrogen-bond donors (Lipinski definition) is 2. The minimum Gasteiger partial charge on any atom is -0.444 e. The van der Waals surface area contributed by atoms with Crippen LogP contribution in [0.1, 0.15) is 46.6 Å². The van der Waals surface area contributed by atoms with E-state index >= 15 is 0 Å². The van der Waals surface area contributed by atoms with Crippen molar-refractivity contribution in [2.24, 2.45) is 0 Å². The van der Waals surface area contributed by atoms with Crippen LogP contribution in [0.4, 0.5) is 4.79 Å². The van der Waals surface area contributed by atoms with Crippen LogP contribution in [-0.2, 0) is 16.1 Å². The fraction of sp³-hybridized carbons (Fsp3) is 0.529. The molecule has 2 amide bonds. The number of ether oxygens (including phenoxy) is 1. The zero-order valence-corrected chi connectivity index (χ0v) is 15.9. The number of rotatable bonds is 5. The van der Waals surface area contributed by atoms with Crippen LogP contribution in [0, 0.1) is 0 Å². The smallest absolute Gasteiger partial charge is 0.408 e. The van der Waals surface area contributed by atoms with Crippen molar-refractivity contribution in [3.63, 3.8) is 0 Å². The van der Waals surface area contributed by atoms with Gasteiger partial charge >= 0.3 is 6.09 Å². The van der Waals surface area contributed by atoms with Crippen LogP contribution in [0.15, 0.2) is 28.7 Å². The molecule has 5 nitrogen and oxygen atoms in total. The van der Waals surface area contributed by atoms with Crippen molar-refractivity contribution in [2.75, 3.05) is 0 Å². The zero-order chi connectivity index (χ0) is 17.7. The Morgan fingerprint density at radius 2 is 1.65 bits per heavy atom. The molecule has 6 heteroatoms. The topological polar surface area (TPSA) is 67.4 Å². The predicted octanol–water partition coefficient (Wildman–Crippen LogP) is 3.76. The summed E-state index contributed by atoms with van der Waals surface area (Å²) >= 11 is 3.37. The van der Waals surface area contributed by atoms with Crippen LogP contribution in [-0.4, -0.2) is 23.1 Å².